The number of aromatic nitrogens is 4. The van der Waals surface area contributed by atoms with Gasteiger partial charge >= 0.3 is 0 Å². The molecule has 1 aliphatic heterocycles. The first-order valence-electron chi connectivity index (χ1n) is 8.37. The molecule has 0 atom stereocenters. The van der Waals surface area contributed by atoms with E-state index in [4.69, 9.17) is 0 Å². The molecule has 4 rings (SSSR count). The van der Waals surface area contributed by atoms with Crippen LogP contribution in [0.3, 0.4) is 0 Å². The first kappa shape index (κ1) is 16.7. The average molecular weight is 413 g/mol. The van der Waals surface area contributed by atoms with Crippen molar-refractivity contribution in [2.75, 3.05) is 23.3 Å². The molecule has 0 unspecified atom stereocenters. The fraction of sp³-hybridized carbons (Fsp3) is 0.222. The lowest BCUT2D eigenvalue weighted by Gasteiger charge is -2.16. The molecule has 0 aliphatic carbocycles. The second-order valence-electron chi connectivity index (χ2n) is 6.06. The molecule has 26 heavy (non-hydrogen) atoms. The van der Waals surface area contributed by atoms with Crippen molar-refractivity contribution in [2.24, 2.45) is 0 Å². The molecule has 3 heterocycles. The van der Waals surface area contributed by atoms with Crippen LogP contribution in [0.5, 0.6) is 0 Å². The van der Waals surface area contributed by atoms with Gasteiger partial charge in [-0.3, -0.25) is 9.36 Å². The third-order valence-corrected chi connectivity index (χ3v) is 4.78. The fourth-order valence-corrected chi connectivity index (χ4v) is 3.16. The molecular formula is C18H17BrN6O. The van der Waals surface area contributed by atoms with Crippen LogP contribution in [-0.4, -0.2) is 38.5 Å². The van der Waals surface area contributed by atoms with Gasteiger partial charge in [0, 0.05) is 35.5 Å². The van der Waals surface area contributed by atoms with E-state index in [1.807, 2.05) is 30.3 Å². The van der Waals surface area contributed by atoms with E-state index in [0.29, 0.717) is 17.2 Å². The van der Waals surface area contributed by atoms with E-state index in [-0.39, 0.29) is 5.91 Å². The van der Waals surface area contributed by atoms with E-state index >= 15 is 0 Å². The van der Waals surface area contributed by atoms with Crippen molar-refractivity contribution in [1.29, 1.82) is 0 Å². The number of halogens is 1. The van der Waals surface area contributed by atoms with Crippen LogP contribution in [0.1, 0.15) is 23.3 Å². The number of carbonyl (C=O) groups excluding carboxylic acids is 1. The molecule has 1 fully saturated rings. The SMILES string of the molecule is O=C(Nc1ccc(Br)cc1)c1cn(-c2cc(N3CCCC3)ncn2)cn1. The number of anilines is 2. The third kappa shape index (κ3) is 3.60. The highest BCUT2D eigenvalue weighted by Crippen LogP contribution is 2.19. The molecule has 2 aromatic heterocycles. The average Bonchev–Trinajstić information content (AvgIpc) is 3.36. The molecular weight excluding hydrogens is 396 g/mol. The topological polar surface area (TPSA) is 75.9 Å². The Bertz CT molecular complexity index is 917. The monoisotopic (exact) mass is 412 g/mol. The zero-order valence-corrected chi connectivity index (χ0v) is 15.6. The van der Waals surface area contributed by atoms with Gasteiger partial charge in [0.05, 0.1) is 0 Å². The van der Waals surface area contributed by atoms with Gasteiger partial charge in [-0.2, -0.15) is 0 Å². The Labute approximate surface area is 159 Å². The van der Waals surface area contributed by atoms with Crippen LogP contribution in [0, 0.1) is 0 Å². The Hall–Kier alpha value is -2.74. The van der Waals surface area contributed by atoms with E-state index in [9.17, 15) is 4.79 Å². The summed E-state index contributed by atoms with van der Waals surface area (Å²) in [5.41, 5.74) is 1.04. The number of hydrogen-bond donors (Lipinski definition) is 1. The van der Waals surface area contributed by atoms with Crippen LogP contribution in [-0.2, 0) is 0 Å². The first-order valence-corrected chi connectivity index (χ1v) is 9.16. The van der Waals surface area contributed by atoms with E-state index in [0.717, 1.165) is 23.4 Å². The minimum absolute atomic E-state index is 0.264. The second kappa shape index (κ2) is 7.25. The summed E-state index contributed by atoms with van der Waals surface area (Å²) < 4.78 is 2.69. The maximum Gasteiger partial charge on any atom is 0.275 e. The Balaban J connectivity index is 1.51. The molecule has 7 nitrogen and oxygen atoms in total. The van der Waals surface area contributed by atoms with Crippen LogP contribution in [0.2, 0.25) is 0 Å². The lowest BCUT2D eigenvalue weighted by Crippen LogP contribution is -2.19. The molecule has 1 aliphatic rings. The molecule has 3 aromatic rings. The minimum Gasteiger partial charge on any atom is -0.356 e. The Morgan fingerprint density at radius 2 is 1.77 bits per heavy atom. The summed E-state index contributed by atoms with van der Waals surface area (Å²) >= 11 is 3.37. The molecule has 1 N–H and O–H groups in total. The van der Waals surface area contributed by atoms with E-state index in [2.05, 4.69) is 41.1 Å². The molecule has 132 valence electrons. The Kier molecular flexibility index (Phi) is 4.66. The van der Waals surface area contributed by atoms with Crippen molar-refractivity contribution >= 4 is 33.3 Å². The lowest BCUT2D eigenvalue weighted by atomic mass is 10.3. The highest BCUT2D eigenvalue weighted by atomic mass is 79.9. The number of nitrogens with one attached hydrogen (secondary N) is 1. The quantitative estimate of drug-likeness (QED) is 0.711. The van der Waals surface area contributed by atoms with Gasteiger partial charge in [-0.1, -0.05) is 15.9 Å². The van der Waals surface area contributed by atoms with Crippen molar-refractivity contribution < 1.29 is 4.79 Å². The second-order valence-corrected chi connectivity index (χ2v) is 6.97. The number of hydrogen-bond acceptors (Lipinski definition) is 5. The summed E-state index contributed by atoms with van der Waals surface area (Å²) in [4.78, 5) is 27.5. The van der Waals surface area contributed by atoms with E-state index in [1.165, 1.54) is 12.8 Å². The number of amides is 1. The van der Waals surface area contributed by atoms with Crippen molar-refractivity contribution in [3.63, 3.8) is 0 Å². The Morgan fingerprint density at radius 1 is 1.04 bits per heavy atom. The first-order chi connectivity index (χ1) is 12.7. The van der Waals surface area contributed by atoms with Crippen molar-refractivity contribution in [1.82, 2.24) is 19.5 Å². The molecule has 1 amide bonds. The fourth-order valence-electron chi connectivity index (χ4n) is 2.89. The molecule has 1 aromatic carbocycles. The highest BCUT2D eigenvalue weighted by Gasteiger charge is 2.15. The molecule has 0 spiro atoms. The summed E-state index contributed by atoms with van der Waals surface area (Å²) in [5, 5.41) is 2.83. The summed E-state index contributed by atoms with van der Waals surface area (Å²) in [6.07, 6.45) is 7.18. The molecule has 0 bridgehead atoms. The number of carbonyl (C=O) groups is 1. The van der Waals surface area contributed by atoms with Crippen molar-refractivity contribution in [3.8, 4) is 5.82 Å². The molecule has 0 saturated carbocycles. The number of rotatable bonds is 4. The summed E-state index contributed by atoms with van der Waals surface area (Å²) in [6, 6.07) is 9.31. The predicted molar refractivity (Wildman–Crippen MR) is 103 cm³/mol. The van der Waals surface area contributed by atoms with Crippen LogP contribution >= 0.6 is 15.9 Å². The van der Waals surface area contributed by atoms with Crippen LogP contribution in [0.25, 0.3) is 5.82 Å². The van der Waals surface area contributed by atoms with Crippen molar-refractivity contribution in [3.05, 3.63) is 59.3 Å². The smallest absolute Gasteiger partial charge is 0.275 e. The largest absolute Gasteiger partial charge is 0.356 e. The highest BCUT2D eigenvalue weighted by molar-refractivity contribution is 9.10. The summed E-state index contributed by atoms with van der Waals surface area (Å²) in [5.74, 6) is 1.33. The van der Waals surface area contributed by atoms with Gasteiger partial charge in [0.2, 0.25) is 0 Å². The van der Waals surface area contributed by atoms with E-state index in [1.54, 1.807) is 23.4 Å². The van der Waals surface area contributed by atoms with Gasteiger partial charge < -0.3 is 10.2 Å². The molecule has 8 heteroatoms. The van der Waals surface area contributed by atoms with E-state index < -0.39 is 0 Å². The minimum atomic E-state index is -0.264. The zero-order chi connectivity index (χ0) is 17.9. The van der Waals surface area contributed by atoms with Gasteiger partial charge in [-0.25, -0.2) is 15.0 Å². The van der Waals surface area contributed by atoms with Gasteiger partial charge in [0.15, 0.2) is 0 Å². The van der Waals surface area contributed by atoms with Crippen LogP contribution < -0.4 is 10.2 Å². The van der Waals surface area contributed by atoms with Crippen molar-refractivity contribution in [2.45, 2.75) is 12.8 Å². The third-order valence-electron chi connectivity index (χ3n) is 4.25. The summed E-state index contributed by atoms with van der Waals surface area (Å²) in [6.45, 7) is 2.03. The van der Waals surface area contributed by atoms with Gasteiger partial charge in [-0.05, 0) is 37.1 Å². The number of nitrogens with zero attached hydrogens (tertiary/aromatic N) is 5. The maximum absolute atomic E-state index is 12.4. The maximum atomic E-state index is 12.4. The number of benzene rings is 1. The molecule has 1 saturated heterocycles. The zero-order valence-electron chi connectivity index (χ0n) is 14.0. The number of imidazole rings is 1. The van der Waals surface area contributed by atoms with Gasteiger partial charge in [-0.15, -0.1) is 0 Å². The molecule has 0 radical (unpaired) electrons. The normalized spacial score (nSPS) is 13.8. The predicted octanol–water partition coefficient (Wildman–Crippen LogP) is 3.28. The standard InChI is InChI=1S/C18H17BrN6O/c19-13-3-5-14(6-4-13)23-18(26)15-10-25(12-22-15)17-9-16(20-11-21-17)24-7-1-2-8-24/h3-6,9-12H,1-2,7-8H2,(H,23,26). The van der Waals surface area contributed by atoms with Crippen LogP contribution in [0.4, 0.5) is 11.5 Å². The Morgan fingerprint density at radius 3 is 2.54 bits per heavy atom. The lowest BCUT2D eigenvalue weighted by molar-refractivity contribution is 0.102. The summed E-state index contributed by atoms with van der Waals surface area (Å²) in [7, 11) is 0. The van der Waals surface area contributed by atoms with Crippen LogP contribution in [0.15, 0.2) is 53.7 Å². The van der Waals surface area contributed by atoms with Gasteiger partial charge in [0.25, 0.3) is 5.91 Å². The van der Waals surface area contributed by atoms with Gasteiger partial charge in [0.1, 0.15) is 30.0 Å².